The number of aryl methyl sites for hydroxylation is 3. The molecule has 0 aliphatic carbocycles. The Bertz CT molecular complexity index is 660. The molecule has 0 aliphatic rings. The number of ketones is 1. The molecule has 0 aromatic heterocycles. The van der Waals surface area contributed by atoms with E-state index in [-0.39, 0.29) is 5.56 Å². The maximum atomic E-state index is 14.0. The molecule has 0 bridgehead atoms. The second-order valence-electron chi connectivity index (χ2n) is 4.70. The van der Waals surface area contributed by atoms with Crippen molar-refractivity contribution in [1.82, 2.24) is 0 Å². The molecule has 0 saturated heterocycles. The molecule has 98 valence electrons. The van der Waals surface area contributed by atoms with E-state index in [4.69, 9.17) is 0 Å². The Hall–Kier alpha value is -2.03. The van der Waals surface area contributed by atoms with Crippen molar-refractivity contribution < 1.29 is 13.6 Å². The van der Waals surface area contributed by atoms with Crippen LogP contribution in [0.25, 0.3) is 0 Å². The average Bonchev–Trinajstić information content (AvgIpc) is 2.37. The van der Waals surface area contributed by atoms with Crippen LogP contribution in [0.1, 0.15) is 32.6 Å². The maximum absolute atomic E-state index is 14.0. The van der Waals surface area contributed by atoms with Gasteiger partial charge in [0.2, 0.25) is 0 Å². The molecule has 0 unspecified atom stereocenters. The minimum absolute atomic E-state index is 0.259. The number of benzene rings is 2. The van der Waals surface area contributed by atoms with E-state index in [1.54, 1.807) is 19.1 Å². The third-order valence-corrected chi connectivity index (χ3v) is 3.15. The van der Waals surface area contributed by atoms with Crippen LogP contribution in [0.3, 0.4) is 0 Å². The summed E-state index contributed by atoms with van der Waals surface area (Å²) in [5.74, 6) is -2.22. The highest BCUT2D eigenvalue weighted by Gasteiger charge is 2.21. The second kappa shape index (κ2) is 4.92. The summed E-state index contributed by atoms with van der Waals surface area (Å²) >= 11 is 0. The Kier molecular flexibility index (Phi) is 3.47. The van der Waals surface area contributed by atoms with Crippen LogP contribution in [0.4, 0.5) is 8.78 Å². The summed E-state index contributed by atoms with van der Waals surface area (Å²) < 4.78 is 27.7. The van der Waals surface area contributed by atoms with Gasteiger partial charge >= 0.3 is 0 Å². The molecule has 0 heterocycles. The summed E-state index contributed by atoms with van der Waals surface area (Å²) in [6.45, 7) is 5.09. The fraction of sp³-hybridized carbons (Fsp3) is 0.188. The van der Waals surface area contributed by atoms with Crippen molar-refractivity contribution in [1.29, 1.82) is 0 Å². The van der Waals surface area contributed by atoms with E-state index in [0.29, 0.717) is 11.1 Å². The summed E-state index contributed by atoms with van der Waals surface area (Å²) in [5, 5.41) is 0. The Labute approximate surface area is 110 Å². The highest BCUT2D eigenvalue weighted by atomic mass is 19.1. The smallest absolute Gasteiger partial charge is 0.199 e. The van der Waals surface area contributed by atoms with Gasteiger partial charge in [-0.15, -0.1) is 0 Å². The monoisotopic (exact) mass is 260 g/mol. The topological polar surface area (TPSA) is 17.1 Å². The summed E-state index contributed by atoms with van der Waals surface area (Å²) in [6, 6.07) is 7.73. The molecular weight excluding hydrogens is 246 g/mol. The zero-order valence-corrected chi connectivity index (χ0v) is 11.1. The van der Waals surface area contributed by atoms with Crippen LogP contribution >= 0.6 is 0 Å². The van der Waals surface area contributed by atoms with Gasteiger partial charge in [0, 0.05) is 5.56 Å². The maximum Gasteiger partial charge on any atom is 0.199 e. The molecule has 0 aliphatic heterocycles. The SMILES string of the molecule is Cc1ccc(C)c(C(=O)c2c(F)ccc(C)c2F)c1. The van der Waals surface area contributed by atoms with Gasteiger partial charge in [0.05, 0.1) is 5.56 Å². The molecule has 0 radical (unpaired) electrons. The number of halogens is 2. The van der Waals surface area contributed by atoms with Gasteiger partial charge < -0.3 is 0 Å². The lowest BCUT2D eigenvalue weighted by molar-refractivity contribution is 0.103. The van der Waals surface area contributed by atoms with Gasteiger partial charge in [-0.1, -0.05) is 23.8 Å². The third-order valence-electron chi connectivity index (χ3n) is 3.15. The molecule has 2 aromatic carbocycles. The predicted octanol–water partition coefficient (Wildman–Crippen LogP) is 4.12. The van der Waals surface area contributed by atoms with Crippen molar-refractivity contribution in [3.63, 3.8) is 0 Å². The number of rotatable bonds is 2. The number of carbonyl (C=O) groups is 1. The third kappa shape index (κ3) is 2.41. The van der Waals surface area contributed by atoms with E-state index < -0.39 is 23.0 Å². The molecule has 0 atom stereocenters. The molecule has 19 heavy (non-hydrogen) atoms. The van der Waals surface area contributed by atoms with Crippen LogP contribution in [-0.4, -0.2) is 5.78 Å². The van der Waals surface area contributed by atoms with Gasteiger partial charge in [-0.2, -0.15) is 0 Å². The molecule has 0 amide bonds. The molecule has 1 nitrogen and oxygen atoms in total. The number of carbonyl (C=O) groups excluding carboxylic acids is 1. The molecule has 0 fully saturated rings. The Morgan fingerprint density at radius 3 is 2.26 bits per heavy atom. The van der Waals surface area contributed by atoms with Gasteiger partial charge in [-0.3, -0.25) is 4.79 Å². The van der Waals surface area contributed by atoms with E-state index >= 15 is 0 Å². The number of hydrogen-bond donors (Lipinski definition) is 0. The normalized spacial score (nSPS) is 10.6. The molecule has 3 heteroatoms. The number of hydrogen-bond acceptors (Lipinski definition) is 1. The Balaban J connectivity index is 2.63. The first-order chi connectivity index (χ1) is 8.91. The standard InChI is InChI=1S/C16H14F2O/c1-9-4-5-10(2)12(8-9)16(19)14-13(17)7-6-11(3)15(14)18/h4-8H,1-3H3. The highest BCUT2D eigenvalue weighted by molar-refractivity contribution is 6.10. The van der Waals surface area contributed by atoms with E-state index in [0.717, 1.165) is 11.6 Å². The van der Waals surface area contributed by atoms with E-state index in [1.807, 2.05) is 13.0 Å². The zero-order chi connectivity index (χ0) is 14.2. The first kappa shape index (κ1) is 13.4. The first-order valence-electron chi connectivity index (χ1n) is 5.98. The zero-order valence-electron chi connectivity index (χ0n) is 11.1. The largest absolute Gasteiger partial charge is 0.288 e. The second-order valence-corrected chi connectivity index (χ2v) is 4.70. The van der Waals surface area contributed by atoms with Crippen molar-refractivity contribution in [3.8, 4) is 0 Å². The molecule has 2 aromatic rings. The van der Waals surface area contributed by atoms with Crippen LogP contribution in [0.5, 0.6) is 0 Å². The minimum atomic E-state index is -0.825. The van der Waals surface area contributed by atoms with Crippen LogP contribution in [0.2, 0.25) is 0 Å². The van der Waals surface area contributed by atoms with E-state index in [1.165, 1.54) is 13.0 Å². The molecule has 2 rings (SSSR count). The fourth-order valence-electron chi connectivity index (χ4n) is 1.98. The van der Waals surface area contributed by atoms with Crippen molar-refractivity contribution in [3.05, 3.63) is 69.8 Å². The average molecular weight is 260 g/mol. The summed E-state index contributed by atoms with van der Waals surface area (Å²) in [4.78, 5) is 12.3. The van der Waals surface area contributed by atoms with Gasteiger partial charge in [-0.05, 0) is 44.0 Å². The molecule has 0 N–H and O–H groups in total. The van der Waals surface area contributed by atoms with Crippen LogP contribution in [0.15, 0.2) is 30.3 Å². The molecule has 0 saturated carbocycles. The lowest BCUT2D eigenvalue weighted by atomic mass is 9.95. The summed E-state index contributed by atoms with van der Waals surface area (Å²) in [5.41, 5.74) is 1.70. The quantitative estimate of drug-likeness (QED) is 0.742. The van der Waals surface area contributed by atoms with Crippen molar-refractivity contribution >= 4 is 5.78 Å². The highest BCUT2D eigenvalue weighted by Crippen LogP contribution is 2.22. The lowest BCUT2D eigenvalue weighted by Gasteiger charge is -2.09. The van der Waals surface area contributed by atoms with Gasteiger partial charge in [0.25, 0.3) is 0 Å². The predicted molar refractivity (Wildman–Crippen MR) is 70.4 cm³/mol. The van der Waals surface area contributed by atoms with Gasteiger partial charge in [-0.25, -0.2) is 8.78 Å². The van der Waals surface area contributed by atoms with Gasteiger partial charge in [0.15, 0.2) is 5.78 Å². The molecular formula is C16H14F2O. The van der Waals surface area contributed by atoms with Crippen molar-refractivity contribution in [2.75, 3.05) is 0 Å². The van der Waals surface area contributed by atoms with Crippen LogP contribution in [-0.2, 0) is 0 Å². The first-order valence-corrected chi connectivity index (χ1v) is 5.98. The van der Waals surface area contributed by atoms with E-state index in [2.05, 4.69) is 0 Å². The minimum Gasteiger partial charge on any atom is -0.288 e. The van der Waals surface area contributed by atoms with Gasteiger partial charge in [0.1, 0.15) is 11.6 Å². The van der Waals surface area contributed by atoms with E-state index in [9.17, 15) is 13.6 Å². The summed E-state index contributed by atoms with van der Waals surface area (Å²) in [7, 11) is 0. The van der Waals surface area contributed by atoms with Crippen molar-refractivity contribution in [2.24, 2.45) is 0 Å². The van der Waals surface area contributed by atoms with Crippen LogP contribution in [0, 0.1) is 32.4 Å². The Morgan fingerprint density at radius 2 is 1.58 bits per heavy atom. The summed E-state index contributed by atoms with van der Waals surface area (Å²) in [6.07, 6.45) is 0. The van der Waals surface area contributed by atoms with Crippen molar-refractivity contribution in [2.45, 2.75) is 20.8 Å². The Morgan fingerprint density at radius 1 is 0.947 bits per heavy atom. The fourth-order valence-corrected chi connectivity index (χ4v) is 1.98. The lowest BCUT2D eigenvalue weighted by Crippen LogP contribution is -2.10. The molecule has 0 spiro atoms. The van der Waals surface area contributed by atoms with Crippen LogP contribution < -0.4 is 0 Å².